The highest BCUT2D eigenvalue weighted by Gasteiger charge is 2.37. The summed E-state index contributed by atoms with van der Waals surface area (Å²) in [5, 5.41) is 8.12. The van der Waals surface area contributed by atoms with E-state index in [1.165, 1.54) is 6.33 Å². The second kappa shape index (κ2) is 6.87. The summed E-state index contributed by atoms with van der Waals surface area (Å²) in [6.07, 6.45) is 1.47. The van der Waals surface area contributed by atoms with E-state index in [1.54, 1.807) is 40.9 Å². The highest BCUT2D eigenvalue weighted by Crippen LogP contribution is 2.23. The van der Waals surface area contributed by atoms with Crippen LogP contribution >= 0.6 is 0 Å². The number of fused-ring (bicyclic) bond motifs is 2. The number of anilines is 1. The minimum Gasteiger partial charge on any atom is -0.351 e. The van der Waals surface area contributed by atoms with Crippen LogP contribution in [-0.2, 0) is 11.8 Å². The summed E-state index contributed by atoms with van der Waals surface area (Å²) in [5.41, 5.74) is 1.95. The van der Waals surface area contributed by atoms with Crippen LogP contribution in [0.1, 0.15) is 20.7 Å². The molecule has 1 saturated heterocycles. The summed E-state index contributed by atoms with van der Waals surface area (Å²) in [5.74, 6) is -0.417. The Bertz CT molecular complexity index is 1150. The van der Waals surface area contributed by atoms with Crippen molar-refractivity contribution in [2.24, 2.45) is 7.05 Å². The van der Waals surface area contributed by atoms with Crippen LogP contribution in [-0.4, -0.2) is 85.2 Å². The Morgan fingerprint density at radius 2 is 1.67 bits per heavy atom. The number of hydrogen-bond donors (Lipinski definition) is 0. The van der Waals surface area contributed by atoms with Crippen molar-refractivity contribution < 1.29 is 14.4 Å². The molecule has 5 rings (SSSR count). The predicted octanol–water partition coefficient (Wildman–Crippen LogP) is -0.297. The molecule has 0 N–H and O–H groups in total. The van der Waals surface area contributed by atoms with Crippen LogP contribution in [0.25, 0.3) is 11.2 Å². The van der Waals surface area contributed by atoms with Crippen LogP contribution in [0, 0.1) is 0 Å². The third kappa shape index (κ3) is 2.78. The summed E-state index contributed by atoms with van der Waals surface area (Å²) >= 11 is 0. The van der Waals surface area contributed by atoms with Crippen LogP contribution < -0.4 is 4.90 Å². The fourth-order valence-electron chi connectivity index (χ4n) is 3.86. The Labute approximate surface area is 170 Å². The molecule has 2 aliphatic heterocycles. The Hall–Kier alpha value is -3.89. The van der Waals surface area contributed by atoms with E-state index in [1.807, 2.05) is 4.90 Å². The van der Waals surface area contributed by atoms with E-state index in [4.69, 9.17) is 0 Å². The van der Waals surface area contributed by atoms with Crippen molar-refractivity contribution in [1.82, 2.24) is 34.8 Å². The molecule has 0 unspecified atom stereocenters. The molecule has 2 aliphatic rings. The van der Waals surface area contributed by atoms with E-state index in [-0.39, 0.29) is 12.5 Å². The Kier molecular flexibility index (Phi) is 4.16. The van der Waals surface area contributed by atoms with Gasteiger partial charge in [-0.05, 0) is 12.1 Å². The molecule has 0 saturated carbocycles. The molecular weight excluding hydrogens is 388 g/mol. The lowest BCUT2D eigenvalue weighted by Crippen LogP contribution is -2.52. The molecule has 30 heavy (non-hydrogen) atoms. The smallest absolute Gasteiger partial charge is 0.262 e. The number of piperazine rings is 1. The van der Waals surface area contributed by atoms with Crippen LogP contribution in [0.2, 0.25) is 0 Å². The van der Waals surface area contributed by atoms with Gasteiger partial charge >= 0.3 is 0 Å². The molecule has 0 aliphatic carbocycles. The fourth-order valence-corrected chi connectivity index (χ4v) is 3.86. The zero-order chi connectivity index (χ0) is 20.8. The standard InChI is InChI=1S/C19H18N8O3/c1-24-16-15(22-23-24)17(21-11-20-16)26-8-6-25(7-9-26)14(28)10-27-18(29)12-4-2-3-5-13(12)19(27)30/h2-5,11H,6-10H2,1H3. The van der Waals surface area contributed by atoms with Crippen LogP contribution in [0.3, 0.4) is 0 Å². The zero-order valence-electron chi connectivity index (χ0n) is 16.2. The van der Waals surface area contributed by atoms with E-state index < -0.39 is 11.8 Å². The molecule has 0 bridgehead atoms. The zero-order valence-corrected chi connectivity index (χ0v) is 16.2. The van der Waals surface area contributed by atoms with Gasteiger partial charge in [-0.1, -0.05) is 17.3 Å². The summed E-state index contributed by atoms with van der Waals surface area (Å²) < 4.78 is 1.59. The minimum atomic E-state index is -0.423. The Morgan fingerprint density at radius 3 is 2.33 bits per heavy atom. The van der Waals surface area contributed by atoms with Crippen molar-refractivity contribution >= 4 is 34.7 Å². The molecule has 3 amide bonds. The van der Waals surface area contributed by atoms with Crippen LogP contribution in [0.5, 0.6) is 0 Å². The van der Waals surface area contributed by atoms with E-state index in [0.29, 0.717) is 54.3 Å². The minimum absolute atomic E-state index is 0.253. The summed E-state index contributed by atoms with van der Waals surface area (Å²) in [6, 6.07) is 6.62. The number of aromatic nitrogens is 5. The lowest BCUT2D eigenvalue weighted by atomic mass is 10.1. The van der Waals surface area contributed by atoms with Gasteiger partial charge in [0.15, 0.2) is 17.0 Å². The molecule has 1 aromatic carbocycles. The first-order chi connectivity index (χ1) is 14.5. The molecular formula is C19H18N8O3. The van der Waals surface area contributed by atoms with Gasteiger partial charge in [-0.25, -0.2) is 14.6 Å². The first-order valence-corrected chi connectivity index (χ1v) is 9.53. The summed E-state index contributed by atoms with van der Waals surface area (Å²) in [6.45, 7) is 1.75. The number of carbonyl (C=O) groups is 3. The van der Waals surface area contributed by atoms with Crippen molar-refractivity contribution in [3.05, 3.63) is 41.7 Å². The lowest BCUT2D eigenvalue weighted by molar-refractivity contribution is -0.131. The van der Waals surface area contributed by atoms with Gasteiger partial charge in [0.05, 0.1) is 11.1 Å². The fraction of sp³-hybridized carbons (Fsp3) is 0.316. The van der Waals surface area contributed by atoms with Crippen molar-refractivity contribution in [1.29, 1.82) is 0 Å². The first-order valence-electron chi connectivity index (χ1n) is 9.53. The molecule has 0 spiro atoms. The van der Waals surface area contributed by atoms with Gasteiger partial charge in [-0.2, -0.15) is 0 Å². The molecule has 1 fully saturated rings. The number of nitrogens with zero attached hydrogens (tertiary/aromatic N) is 8. The molecule has 0 radical (unpaired) electrons. The normalized spacial score (nSPS) is 16.5. The van der Waals surface area contributed by atoms with Gasteiger partial charge < -0.3 is 9.80 Å². The quantitative estimate of drug-likeness (QED) is 0.545. The maximum Gasteiger partial charge on any atom is 0.262 e. The van der Waals surface area contributed by atoms with E-state index in [0.717, 1.165) is 4.90 Å². The molecule has 0 atom stereocenters. The number of carbonyl (C=O) groups excluding carboxylic acids is 3. The maximum atomic E-state index is 12.8. The number of rotatable bonds is 3. The lowest BCUT2D eigenvalue weighted by Gasteiger charge is -2.35. The summed E-state index contributed by atoms with van der Waals surface area (Å²) in [7, 11) is 1.77. The first kappa shape index (κ1) is 18.2. The highest BCUT2D eigenvalue weighted by atomic mass is 16.2. The largest absolute Gasteiger partial charge is 0.351 e. The van der Waals surface area contributed by atoms with Gasteiger partial charge in [0, 0.05) is 33.2 Å². The van der Waals surface area contributed by atoms with Gasteiger partial charge in [0.25, 0.3) is 11.8 Å². The molecule has 2 aromatic heterocycles. The number of aryl methyl sites for hydroxylation is 1. The molecule has 152 valence electrons. The van der Waals surface area contributed by atoms with Crippen LogP contribution in [0.15, 0.2) is 30.6 Å². The second-order valence-electron chi connectivity index (χ2n) is 7.19. The van der Waals surface area contributed by atoms with E-state index >= 15 is 0 Å². The maximum absolute atomic E-state index is 12.8. The van der Waals surface area contributed by atoms with Crippen LogP contribution in [0.4, 0.5) is 5.82 Å². The SMILES string of the molecule is Cn1nnc2c(N3CCN(C(=O)CN4C(=O)c5ccccc5C4=O)CC3)ncnc21. The van der Waals surface area contributed by atoms with Gasteiger partial charge in [-0.3, -0.25) is 19.3 Å². The third-order valence-electron chi connectivity index (χ3n) is 5.47. The average molecular weight is 406 g/mol. The Balaban J connectivity index is 1.25. The molecule has 3 aromatic rings. The van der Waals surface area contributed by atoms with Gasteiger partial charge in [0.2, 0.25) is 5.91 Å². The van der Waals surface area contributed by atoms with Crippen molar-refractivity contribution in [3.8, 4) is 0 Å². The number of amides is 3. The Morgan fingerprint density at radius 1 is 1.00 bits per heavy atom. The van der Waals surface area contributed by atoms with Crippen molar-refractivity contribution in [2.45, 2.75) is 0 Å². The molecule has 4 heterocycles. The van der Waals surface area contributed by atoms with Gasteiger partial charge in [-0.15, -0.1) is 5.10 Å². The highest BCUT2D eigenvalue weighted by molar-refractivity contribution is 6.22. The van der Waals surface area contributed by atoms with Gasteiger partial charge in [0.1, 0.15) is 12.9 Å². The molecule has 11 nitrogen and oxygen atoms in total. The third-order valence-corrected chi connectivity index (χ3v) is 5.47. The monoisotopic (exact) mass is 406 g/mol. The number of benzene rings is 1. The van der Waals surface area contributed by atoms with E-state index in [9.17, 15) is 14.4 Å². The average Bonchev–Trinajstić information content (AvgIpc) is 3.27. The topological polar surface area (TPSA) is 117 Å². The van der Waals surface area contributed by atoms with E-state index in [2.05, 4.69) is 20.3 Å². The molecule has 11 heteroatoms. The van der Waals surface area contributed by atoms with Crippen molar-refractivity contribution in [3.63, 3.8) is 0 Å². The van der Waals surface area contributed by atoms with Crippen molar-refractivity contribution in [2.75, 3.05) is 37.6 Å². The second-order valence-corrected chi connectivity index (χ2v) is 7.19. The number of hydrogen-bond acceptors (Lipinski definition) is 8. The predicted molar refractivity (Wildman–Crippen MR) is 105 cm³/mol. The number of imide groups is 1. The summed E-state index contributed by atoms with van der Waals surface area (Å²) in [4.78, 5) is 51.0.